The van der Waals surface area contributed by atoms with Crippen LogP contribution in [0.15, 0.2) is 67.0 Å². The molecule has 0 atom stereocenters. The number of carboxylic acids is 1. The summed E-state index contributed by atoms with van der Waals surface area (Å²) in [5.74, 6) is -1.12. The Labute approximate surface area is 154 Å². The van der Waals surface area contributed by atoms with Crippen LogP contribution < -0.4 is 10.1 Å². The fourth-order valence-electron chi connectivity index (χ4n) is 2.31. The molecule has 7 heteroatoms. The maximum atomic E-state index is 13.0. The summed E-state index contributed by atoms with van der Waals surface area (Å²) in [6, 6.07) is 13.2. The summed E-state index contributed by atoms with van der Waals surface area (Å²) in [6.07, 6.45) is 2.86. The molecule has 1 amide bonds. The molecule has 6 nitrogen and oxygen atoms in total. The number of hydrogen-bond acceptors (Lipinski definition) is 4. The number of rotatable bonds is 6. The first-order valence-electron chi connectivity index (χ1n) is 8.01. The van der Waals surface area contributed by atoms with Crippen LogP contribution in [0.25, 0.3) is 0 Å². The van der Waals surface area contributed by atoms with Crippen LogP contribution in [-0.2, 0) is 6.54 Å². The van der Waals surface area contributed by atoms with Crippen LogP contribution in [0.5, 0.6) is 11.5 Å². The minimum absolute atomic E-state index is 0.173. The van der Waals surface area contributed by atoms with E-state index in [1.54, 1.807) is 18.2 Å². The fourth-order valence-corrected chi connectivity index (χ4v) is 2.31. The quantitative estimate of drug-likeness (QED) is 0.695. The Kier molecular flexibility index (Phi) is 5.41. The number of benzene rings is 2. The molecule has 27 heavy (non-hydrogen) atoms. The number of pyridine rings is 1. The highest BCUT2D eigenvalue weighted by atomic mass is 19.1. The second kappa shape index (κ2) is 8.09. The van der Waals surface area contributed by atoms with Gasteiger partial charge in [-0.25, -0.2) is 9.18 Å². The number of amides is 1. The number of halogens is 1. The van der Waals surface area contributed by atoms with Gasteiger partial charge in [0, 0.05) is 18.9 Å². The average Bonchev–Trinajstić information content (AvgIpc) is 2.68. The third-order valence-electron chi connectivity index (χ3n) is 3.72. The normalized spacial score (nSPS) is 10.3. The first kappa shape index (κ1) is 18.1. The van der Waals surface area contributed by atoms with E-state index in [2.05, 4.69) is 10.3 Å². The van der Waals surface area contributed by atoms with Crippen molar-refractivity contribution in [2.24, 2.45) is 0 Å². The number of carbonyl (C=O) groups is 2. The molecule has 0 aliphatic heterocycles. The van der Waals surface area contributed by atoms with Gasteiger partial charge in [0.25, 0.3) is 5.91 Å². The molecule has 0 radical (unpaired) electrons. The van der Waals surface area contributed by atoms with E-state index in [1.807, 2.05) is 0 Å². The molecule has 136 valence electrons. The van der Waals surface area contributed by atoms with Crippen molar-refractivity contribution in [3.05, 3.63) is 89.5 Å². The Bertz CT molecular complexity index is 956. The van der Waals surface area contributed by atoms with E-state index in [0.29, 0.717) is 5.75 Å². The number of hydrogen-bond donors (Lipinski definition) is 2. The lowest BCUT2D eigenvalue weighted by molar-refractivity contribution is 0.0696. The summed E-state index contributed by atoms with van der Waals surface area (Å²) in [5.41, 5.74) is 1.15. The van der Waals surface area contributed by atoms with E-state index in [-0.39, 0.29) is 29.2 Å². The van der Waals surface area contributed by atoms with Crippen LogP contribution >= 0.6 is 0 Å². The SMILES string of the molecule is O=C(O)c1ccc(CNC(=O)c2cnccc2Oc2ccc(F)cc2)cc1. The highest BCUT2D eigenvalue weighted by Crippen LogP contribution is 2.24. The Morgan fingerprint density at radius 2 is 1.74 bits per heavy atom. The lowest BCUT2D eigenvalue weighted by atomic mass is 10.1. The highest BCUT2D eigenvalue weighted by Gasteiger charge is 2.13. The molecule has 1 aromatic heterocycles. The molecule has 3 aromatic rings. The predicted octanol–water partition coefficient (Wildman–Crippen LogP) is 3.64. The molecule has 0 saturated carbocycles. The average molecular weight is 366 g/mol. The molecule has 0 unspecified atom stereocenters. The molecule has 0 aliphatic rings. The monoisotopic (exact) mass is 366 g/mol. The van der Waals surface area contributed by atoms with Crippen molar-refractivity contribution in [2.75, 3.05) is 0 Å². The topological polar surface area (TPSA) is 88.5 Å². The number of aromatic nitrogens is 1. The van der Waals surface area contributed by atoms with Crippen molar-refractivity contribution in [3.63, 3.8) is 0 Å². The van der Waals surface area contributed by atoms with Crippen molar-refractivity contribution in [1.29, 1.82) is 0 Å². The molecule has 0 bridgehead atoms. The standard InChI is InChI=1S/C20H15FN2O4/c21-15-5-7-16(8-6-15)27-18-9-10-22-12-17(18)19(24)23-11-13-1-3-14(4-2-13)20(25)26/h1-10,12H,11H2,(H,23,24)(H,25,26). The number of carboxylic acid groups (broad SMARTS) is 1. The largest absolute Gasteiger partial charge is 0.478 e. The van der Waals surface area contributed by atoms with E-state index in [9.17, 15) is 14.0 Å². The van der Waals surface area contributed by atoms with Crippen LogP contribution in [0.4, 0.5) is 4.39 Å². The minimum Gasteiger partial charge on any atom is -0.478 e. The van der Waals surface area contributed by atoms with Gasteiger partial charge in [-0.15, -0.1) is 0 Å². The van der Waals surface area contributed by atoms with E-state index in [1.165, 1.54) is 48.8 Å². The molecule has 3 rings (SSSR count). The molecule has 0 fully saturated rings. The van der Waals surface area contributed by atoms with Gasteiger partial charge in [0.2, 0.25) is 0 Å². The molecular weight excluding hydrogens is 351 g/mol. The molecule has 0 spiro atoms. The minimum atomic E-state index is -1.01. The Morgan fingerprint density at radius 1 is 1.04 bits per heavy atom. The summed E-state index contributed by atoms with van der Waals surface area (Å²) in [6.45, 7) is 0.212. The Balaban J connectivity index is 1.69. The number of ether oxygens (including phenoxy) is 1. The number of carbonyl (C=O) groups excluding carboxylic acids is 1. The van der Waals surface area contributed by atoms with Gasteiger partial charge in [0.1, 0.15) is 22.9 Å². The van der Waals surface area contributed by atoms with Gasteiger partial charge in [-0.1, -0.05) is 12.1 Å². The molecule has 0 aliphatic carbocycles. The van der Waals surface area contributed by atoms with Crippen LogP contribution in [0.2, 0.25) is 0 Å². The summed E-state index contributed by atoms with van der Waals surface area (Å²) < 4.78 is 18.6. The first-order chi connectivity index (χ1) is 13.0. The van der Waals surface area contributed by atoms with Crippen molar-refractivity contribution in [1.82, 2.24) is 10.3 Å². The molecule has 2 aromatic carbocycles. The number of aromatic carboxylic acids is 1. The summed E-state index contributed by atoms with van der Waals surface area (Å²) in [5, 5.41) is 11.6. The van der Waals surface area contributed by atoms with E-state index >= 15 is 0 Å². The molecule has 1 heterocycles. The first-order valence-corrected chi connectivity index (χ1v) is 8.01. The van der Waals surface area contributed by atoms with Gasteiger partial charge in [-0.2, -0.15) is 0 Å². The summed E-state index contributed by atoms with van der Waals surface area (Å²) >= 11 is 0. The number of nitrogens with zero attached hydrogens (tertiary/aromatic N) is 1. The third-order valence-corrected chi connectivity index (χ3v) is 3.72. The summed E-state index contributed by atoms with van der Waals surface area (Å²) in [4.78, 5) is 27.3. The van der Waals surface area contributed by atoms with E-state index in [0.717, 1.165) is 5.56 Å². The maximum Gasteiger partial charge on any atom is 0.335 e. The van der Waals surface area contributed by atoms with Crippen LogP contribution in [-0.4, -0.2) is 22.0 Å². The second-order valence-corrected chi connectivity index (χ2v) is 5.61. The summed E-state index contributed by atoms with van der Waals surface area (Å²) in [7, 11) is 0. The lowest BCUT2D eigenvalue weighted by Crippen LogP contribution is -2.23. The van der Waals surface area contributed by atoms with Crippen molar-refractivity contribution >= 4 is 11.9 Å². The molecule has 0 saturated heterocycles. The highest BCUT2D eigenvalue weighted by molar-refractivity contribution is 5.96. The zero-order valence-corrected chi connectivity index (χ0v) is 14.1. The number of nitrogens with one attached hydrogen (secondary N) is 1. The fraction of sp³-hybridized carbons (Fsp3) is 0.0500. The van der Waals surface area contributed by atoms with E-state index in [4.69, 9.17) is 9.84 Å². The Hall–Kier alpha value is -3.74. The van der Waals surface area contributed by atoms with Gasteiger partial charge >= 0.3 is 5.97 Å². The van der Waals surface area contributed by atoms with Gasteiger partial charge < -0.3 is 15.2 Å². The van der Waals surface area contributed by atoms with Crippen molar-refractivity contribution < 1.29 is 23.8 Å². The van der Waals surface area contributed by atoms with Crippen molar-refractivity contribution in [3.8, 4) is 11.5 Å². The van der Waals surface area contributed by atoms with E-state index < -0.39 is 11.9 Å². The Morgan fingerprint density at radius 3 is 2.41 bits per heavy atom. The zero-order valence-electron chi connectivity index (χ0n) is 14.1. The van der Waals surface area contributed by atoms with Gasteiger partial charge in [0.05, 0.1) is 5.56 Å². The zero-order chi connectivity index (χ0) is 19.2. The van der Waals surface area contributed by atoms with Crippen LogP contribution in [0.3, 0.4) is 0 Å². The maximum absolute atomic E-state index is 13.0. The third kappa shape index (κ3) is 4.66. The molecule has 2 N–H and O–H groups in total. The van der Waals surface area contributed by atoms with Crippen LogP contribution in [0, 0.1) is 5.82 Å². The molecular formula is C20H15FN2O4. The van der Waals surface area contributed by atoms with Crippen LogP contribution in [0.1, 0.15) is 26.3 Å². The van der Waals surface area contributed by atoms with Gasteiger partial charge in [0.15, 0.2) is 0 Å². The van der Waals surface area contributed by atoms with Gasteiger partial charge in [-0.3, -0.25) is 9.78 Å². The predicted molar refractivity (Wildman–Crippen MR) is 95.3 cm³/mol. The lowest BCUT2D eigenvalue weighted by Gasteiger charge is -2.11. The smallest absolute Gasteiger partial charge is 0.335 e. The van der Waals surface area contributed by atoms with Crippen molar-refractivity contribution in [2.45, 2.75) is 6.54 Å². The van der Waals surface area contributed by atoms with Gasteiger partial charge in [-0.05, 0) is 48.0 Å². The second-order valence-electron chi connectivity index (χ2n) is 5.61.